The van der Waals surface area contributed by atoms with Crippen LogP contribution in [0.4, 0.5) is 0 Å². The lowest BCUT2D eigenvalue weighted by molar-refractivity contribution is 0.282. The van der Waals surface area contributed by atoms with Crippen molar-refractivity contribution in [3.63, 3.8) is 0 Å². The summed E-state index contributed by atoms with van der Waals surface area (Å²) in [5.74, 6) is 1.32. The first-order valence-electron chi connectivity index (χ1n) is 9.69. The number of ether oxygens (including phenoxy) is 2. The van der Waals surface area contributed by atoms with Gasteiger partial charge in [0.05, 0.1) is 11.6 Å². The Kier molecular flexibility index (Phi) is 10.5. The zero-order valence-electron chi connectivity index (χ0n) is 16.5. The van der Waals surface area contributed by atoms with E-state index in [1.165, 1.54) is 32.1 Å². The second kappa shape index (κ2) is 12.6. The number of rotatable bonds is 12. The lowest BCUT2D eigenvalue weighted by Gasteiger charge is -2.16. The van der Waals surface area contributed by atoms with Gasteiger partial charge in [-0.25, -0.2) is 0 Å². The third kappa shape index (κ3) is 7.14. The van der Waals surface area contributed by atoms with Gasteiger partial charge in [0.2, 0.25) is 0 Å². The first-order chi connectivity index (χ1) is 13.6. The summed E-state index contributed by atoms with van der Waals surface area (Å²) in [6.07, 6.45) is 6.41. The van der Waals surface area contributed by atoms with E-state index in [0.29, 0.717) is 21.5 Å². The summed E-state index contributed by atoms with van der Waals surface area (Å²) >= 11 is 16.1. The van der Waals surface area contributed by atoms with Crippen molar-refractivity contribution in [2.45, 2.75) is 52.2 Å². The van der Waals surface area contributed by atoms with Gasteiger partial charge in [0.25, 0.3) is 0 Å². The van der Waals surface area contributed by atoms with Crippen molar-refractivity contribution in [3.05, 3.63) is 56.0 Å². The van der Waals surface area contributed by atoms with Crippen molar-refractivity contribution in [2.24, 2.45) is 0 Å². The van der Waals surface area contributed by atoms with Crippen molar-refractivity contribution >= 4 is 39.1 Å². The number of hydrogen-bond donors (Lipinski definition) is 1. The van der Waals surface area contributed by atoms with E-state index in [1.807, 2.05) is 12.1 Å². The van der Waals surface area contributed by atoms with Crippen LogP contribution in [0.1, 0.15) is 50.2 Å². The van der Waals surface area contributed by atoms with Gasteiger partial charge in [-0.05, 0) is 58.7 Å². The molecule has 0 aliphatic carbocycles. The zero-order chi connectivity index (χ0) is 20.4. The quantitative estimate of drug-likeness (QED) is 0.315. The average Bonchev–Trinajstić information content (AvgIpc) is 2.67. The Morgan fingerprint density at radius 1 is 1.04 bits per heavy atom. The second-order valence-corrected chi connectivity index (χ2v) is 8.36. The van der Waals surface area contributed by atoms with Crippen LogP contribution < -0.4 is 14.8 Å². The highest BCUT2D eigenvalue weighted by molar-refractivity contribution is 9.10. The van der Waals surface area contributed by atoms with Gasteiger partial charge in [-0.15, -0.1) is 0 Å². The van der Waals surface area contributed by atoms with Crippen LogP contribution in [0.5, 0.6) is 11.5 Å². The van der Waals surface area contributed by atoms with Crippen LogP contribution in [0.2, 0.25) is 10.0 Å². The van der Waals surface area contributed by atoms with Gasteiger partial charge in [-0.2, -0.15) is 0 Å². The van der Waals surface area contributed by atoms with Crippen molar-refractivity contribution in [1.29, 1.82) is 0 Å². The molecule has 2 aromatic carbocycles. The molecule has 2 rings (SSSR count). The van der Waals surface area contributed by atoms with E-state index >= 15 is 0 Å². The Morgan fingerprint density at radius 3 is 2.43 bits per heavy atom. The predicted octanol–water partition coefficient (Wildman–Crippen LogP) is 7.40. The lowest BCUT2D eigenvalue weighted by atomic mass is 10.1. The van der Waals surface area contributed by atoms with Crippen molar-refractivity contribution < 1.29 is 9.47 Å². The maximum atomic E-state index is 6.23. The van der Waals surface area contributed by atoms with Crippen LogP contribution in [-0.4, -0.2) is 13.7 Å². The number of halogens is 3. The molecule has 0 saturated carbocycles. The molecule has 154 valence electrons. The minimum absolute atomic E-state index is 0.267. The standard InChI is InChI=1S/C22H28BrCl2NO2/c1-3-4-5-6-7-11-26-14-16-12-18(23)22(21(13-16)27-2)28-15-17-19(24)9-8-10-20(17)25/h8-10,12-13,26H,3-7,11,14-15H2,1-2H3. The molecule has 1 N–H and O–H groups in total. The van der Waals surface area contributed by atoms with Gasteiger partial charge in [0, 0.05) is 22.2 Å². The Balaban J connectivity index is 1.95. The first-order valence-corrected chi connectivity index (χ1v) is 11.2. The Labute approximate surface area is 186 Å². The lowest BCUT2D eigenvalue weighted by Crippen LogP contribution is -2.14. The summed E-state index contributed by atoms with van der Waals surface area (Å²) in [5.41, 5.74) is 1.90. The zero-order valence-corrected chi connectivity index (χ0v) is 19.6. The Bertz CT molecular complexity index is 735. The highest BCUT2D eigenvalue weighted by Crippen LogP contribution is 2.38. The highest BCUT2D eigenvalue weighted by Gasteiger charge is 2.14. The maximum Gasteiger partial charge on any atom is 0.175 e. The van der Waals surface area contributed by atoms with Gasteiger partial charge in [0.15, 0.2) is 11.5 Å². The molecule has 3 nitrogen and oxygen atoms in total. The fourth-order valence-corrected chi connectivity index (χ4v) is 4.03. The van der Waals surface area contributed by atoms with E-state index in [2.05, 4.69) is 34.2 Å². The monoisotopic (exact) mass is 487 g/mol. The third-order valence-corrected chi connectivity index (χ3v) is 5.80. The fraction of sp³-hybridized carbons (Fsp3) is 0.455. The molecule has 0 saturated heterocycles. The van der Waals surface area contributed by atoms with Crippen molar-refractivity contribution in [3.8, 4) is 11.5 Å². The Morgan fingerprint density at radius 2 is 1.75 bits per heavy atom. The molecule has 0 bridgehead atoms. The molecule has 0 aromatic heterocycles. The third-order valence-electron chi connectivity index (χ3n) is 4.50. The van der Waals surface area contributed by atoms with Gasteiger partial charge < -0.3 is 14.8 Å². The van der Waals surface area contributed by atoms with Crippen molar-refractivity contribution in [1.82, 2.24) is 5.32 Å². The fourth-order valence-electron chi connectivity index (χ4n) is 2.92. The van der Waals surface area contributed by atoms with E-state index in [0.717, 1.165) is 28.7 Å². The van der Waals surface area contributed by atoms with E-state index < -0.39 is 0 Å². The van der Waals surface area contributed by atoms with Crippen LogP contribution in [0.3, 0.4) is 0 Å². The number of hydrogen-bond acceptors (Lipinski definition) is 3. The molecule has 0 heterocycles. The molecule has 0 radical (unpaired) electrons. The summed E-state index contributed by atoms with van der Waals surface area (Å²) in [5, 5.41) is 4.67. The molecule has 0 aliphatic heterocycles. The van der Waals surface area contributed by atoms with Gasteiger partial charge in [-0.1, -0.05) is 61.9 Å². The van der Waals surface area contributed by atoms with E-state index in [4.69, 9.17) is 32.7 Å². The summed E-state index contributed by atoms with van der Waals surface area (Å²) in [4.78, 5) is 0. The largest absolute Gasteiger partial charge is 0.493 e. The molecule has 0 spiro atoms. The van der Waals surface area contributed by atoms with Crippen molar-refractivity contribution in [2.75, 3.05) is 13.7 Å². The number of unbranched alkanes of at least 4 members (excludes halogenated alkanes) is 4. The smallest absolute Gasteiger partial charge is 0.175 e. The Hall–Kier alpha value is -0.940. The number of benzene rings is 2. The predicted molar refractivity (Wildman–Crippen MR) is 122 cm³/mol. The molecule has 0 amide bonds. The molecule has 0 fully saturated rings. The van der Waals surface area contributed by atoms with Crippen LogP contribution in [0.15, 0.2) is 34.8 Å². The van der Waals surface area contributed by atoms with E-state index in [1.54, 1.807) is 19.2 Å². The normalized spacial score (nSPS) is 10.9. The summed E-state index contributed by atoms with van der Waals surface area (Å²) in [7, 11) is 1.64. The summed E-state index contributed by atoms with van der Waals surface area (Å²) < 4.78 is 12.4. The maximum absolute atomic E-state index is 6.23. The molecular formula is C22H28BrCl2NO2. The van der Waals surface area contributed by atoms with Crippen LogP contribution >= 0.6 is 39.1 Å². The van der Waals surface area contributed by atoms with Gasteiger partial charge in [0.1, 0.15) is 6.61 Å². The minimum atomic E-state index is 0.267. The molecule has 6 heteroatoms. The van der Waals surface area contributed by atoms with E-state index in [9.17, 15) is 0 Å². The number of nitrogens with one attached hydrogen (secondary N) is 1. The molecule has 28 heavy (non-hydrogen) atoms. The van der Waals surface area contributed by atoms with Gasteiger partial charge in [-0.3, -0.25) is 0 Å². The molecular weight excluding hydrogens is 461 g/mol. The second-order valence-electron chi connectivity index (χ2n) is 6.69. The van der Waals surface area contributed by atoms with Crippen LogP contribution in [0, 0.1) is 0 Å². The van der Waals surface area contributed by atoms with E-state index in [-0.39, 0.29) is 6.61 Å². The number of methoxy groups -OCH3 is 1. The highest BCUT2D eigenvalue weighted by atomic mass is 79.9. The first kappa shape index (κ1) is 23.3. The van der Waals surface area contributed by atoms with Gasteiger partial charge >= 0.3 is 0 Å². The molecule has 2 aromatic rings. The summed E-state index contributed by atoms with van der Waals surface area (Å²) in [6, 6.07) is 9.47. The molecule has 0 atom stereocenters. The average molecular weight is 489 g/mol. The van der Waals surface area contributed by atoms with Crippen LogP contribution in [-0.2, 0) is 13.2 Å². The minimum Gasteiger partial charge on any atom is -0.493 e. The molecule has 0 aliphatic rings. The summed E-state index contributed by atoms with van der Waals surface area (Å²) in [6.45, 7) is 4.31. The molecule has 0 unspecified atom stereocenters. The SMILES string of the molecule is CCCCCCCNCc1cc(Br)c(OCc2c(Cl)cccc2Cl)c(OC)c1. The van der Waals surface area contributed by atoms with Crippen LogP contribution in [0.25, 0.3) is 0 Å². The topological polar surface area (TPSA) is 30.5 Å².